The Morgan fingerprint density at radius 3 is 2.06 bits per heavy atom. The van der Waals surface area contributed by atoms with Gasteiger partial charge in [-0.3, -0.25) is 9.59 Å². The van der Waals surface area contributed by atoms with Gasteiger partial charge >= 0.3 is 18.3 Å². The molecular weight excluding hydrogens is 442 g/mol. The Kier molecular flexibility index (Phi) is 8.50. The summed E-state index contributed by atoms with van der Waals surface area (Å²) in [6.07, 6.45) is -5.88. The van der Waals surface area contributed by atoms with Crippen LogP contribution in [0.5, 0.6) is 0 Å². The van der Waals surface area contributed by atoms with Gasteiger partial charge in [0, 0.05) is 24.7 Å². The van der Waals surface area contributed by atoms with Gasteiger partial charge in [0.15, 0.2) is 0 Å². The quantitative estimate of drug-likeness (QED) is 0.360. The molecule has 1 aromatic carbocycles. The van der Waals surface area contributed by atoms with E-state index in [-0.39, 0.29) is 30.3 Å². The number of aliphatic hydroxyl groups is 1. The molecule has 4 nitrogen and oxygen atoms in total. The number of alkyl halides is 6. The first-order chi connectivity index (χ1) is 14.8. The molecule has 3 atom stereocenters. The van der Waals surface area contributed by atoms with Crippen molar-refractivity contribution in [3.63, 3.8) is 0 Å². The van der Waals surface area contributed by atoms with Gasteiger partial charge in [-0.15, -0.1) is 0 Å². The molecule has 0 amide bonds. The van der Waals surface area contributed by atoms with Gasteiger partial charge in [0.1, 0.15) is 5.78 Å². The van der Waals surface area contributed by atoms with Crippen LogP contribution in [0.4, 0.5) is 26.3 Å². The number of carbonyl (C=O) groups is 2. The summed E-state index contributed by atoms with van der Waals surface area (Å²) in [5, 5.41) is 18.8. The molecule has 1 aromatic rings. The maximum atomic E-state index is 13.0. The normalized spacial score (nSPS) is 22.1. The number of halogens is 6. The van der Waals surface area contributed by atoms with E-state index in [0.717, 1.165) is 6.08 Å². The summed E-state index contributed by atoms with van der Waals surface area (Å²) in [4.78, 5) is 22.7. The number of carbonyl (C=O) groups excluding carboxylic acids is 1. The monoisotopic (exact) mass is 466 g/mol. The van der Waals surface area contributed by atoms with Crippen molar-refractivity contribution in [1.82, 2.24) is 0 Å². The first kappa shape index (κ1) is 25.9. The lowest BCUT2D eigenvalue weighted by Gasteiger charge is -2.18. The Hall–Kier alpha value is -2.36. The van der Waals surface area contributed by atoms with Crippen molar-refractivity contribution < 1.29 is 46.1 Å². The fourth-order valence-electron chi connectivity index (χ4n) is 3.88. The Morgan fingerprint density at radius 1 is 0.969 bits per heavy atom. The van der Waals surface area contributed by atoms with E-state index in [2.05, 4.69) is 0 Å². The first-order valence-electron chi connectivity index (χ1n) is 10.2. The second-order valence-corrected chi connectivity index (χ2v) is 7.97. The highest BCUT2D eigenvalue weighted by Gasteiger charge is 2.40. The lowest BCUT2D eigenvalue weighted by Crippen LogP contribution is -2.18. The van der Waals surface area contributed by atoms with E-state index >= 15 is 0 Å². The van der Waals surface area contributed by atoms with E-state index in [1.165, 1.54) is 6.08 Å². The van der Waals surface area contributed by atoms with Crippen molar-refractivity contribution in [2.24, 2.45) is 11.8 Å². The van der Waals surface area contributed by atoms with Gasteiger partial charge < -0.3 is 10.2 Å². The topological polar surface area (TPSA) is 74.6 Å². The third kappa shape index (κ3) is 7.36. The molecule has 0 heterocycles. The van der Waals surface area contributed by atoms with Crippen LogP contribution in [-0.2, 0) is 21.9 Å². The zero-order valence-electron chi connectivity index (χ0n) is 17.0. The Bertz CT molecular complexity index is 812. The average Bonchev–Trinajstić information content (AvgIpc) is 2.93. The summed E-state index contributed by atoms with van der Waals surface area (Å²) < 4.78 is 78.1. The van der Waals surface area contributed by atoms with Crippen molar-refractivity contribution in [3.05, 3.63) is 41.0 Å². The van der Waals surface area contributed by atoms with Gasteiger partial charge in [0.05, 0.1) is 17.2 Å². The molecule has 1 saturated carbocycles. The number of Topliss-reactive ketones (excluding diaryl/α,β-unsaturated/α-hetero) is 1. The van der Waals surface area contributed by atoms with Crippen LogP contribution in [0.25, 0.3) is 6.08 Å². The molecule has 0 aromatic heterocycles. The van der Waals surface area contributed by atoms with Crippen LogP contribution in [0.15, 0.2) is 24.3 Å². The van der Waals surface area contributed by atoms with Crippen LogP contribution >= 0.6 is 0 Å². The van der Waals surface area contributed by atoms with Crippen molar-refractivity contribution in [2.75, 3.05) is 0 Å². The fraction of sp³-hybridized carbons (Fsp3) is 0.545. The molecule has 178 valence electrons. The third-order valence-corrected chi connectivity index (χ3v) is 5.51. The molecule has 2 N–H and O–H groups in total. The summed E-state index contributed by atoms with van der Waals surface area (Å²) in [5.41, 5.74) is -3.20. The highest BCUT2D eigenvalue weighted by Crippen LogP contribution is 2.38. The highest BCUT2D eigenvalue weighted by atomic mass is 19.4. The maximum Gasteiger partial charge on any atom is 0.416 e. The molecular formula is C22H24F6O4. The van der Waals surface area contributed by atoms with Crippen LogP contribution in [0.2, 0.25) is 0 Å². The van der Waals surface area contributed by atoms with Gasteiger partial charge in [-0.2, -0.15) is 26.3 Å². The number of carboxylic acids is 1. The molecule has 1 aliphatic rings. The second-order valence-electron chi connectivity index (χ2n) is 7.97. The maximum absolute atomic E-state index is 13.0. The van der Waals surface area contributed by atoms with E-state index in [9.17, 15) is 41.0 Å². The Balaban J connectivity index is 2.13. The summed E-state index contributed by atoms with van der Waals surface area (Å²) in [7, 11) is 0. The minimum atomic E-state index is -4.96. The number of aliphatic carboxylic acids is 1. The Labute approximate surface area is 180 Å². The van der Waals surface area contributed by atoms with Crippen LogP contribution in [0.3, 0.4) is 0 Å². The molecule has 0 spiro atoms. The molecule has 0 saturated heterocycles. The van der Waals surface area contributed by atoms with Gasteiger partial charge in [0.25, 0.3) is 0 Å². The SMILES string of the molecule is O=C(O)CCCCCCC1C(=O)CC(O)C1/C=C/c1cc(C(F)(F)F)cc(C(F)(F)F)c1. The number of hydrogen-bond donors (Lipinski definition) is 2. The molecule has 2 rings (SSSR count). The summed E-state index contributed by atoms with van der Waals surface area (Å²) in [5.74, 6) is -2.41. The van der Waals surface area contributed by atoms with Crippen molar-refractivity contribution in [3.8, 4) is 0 Å². The van der Waals surface area contributed by atoms with Crippen LogP contribution in [0, 0.1) is 11.8 Å². The molecule has 1 aliphatic carbocycles. The number of ketones is 1. The summed E-state index contributed by atoms with van der Waals surface area (Å²) >= 11 is 0. The Morgan fingerprint density at radius 2 is 1.53 bits per heavy atom. The van der Waals surface area contributed by atoms with Gasteiger partial charge in [0.2, 0.25) is 0 Å². The largest absolute Gasteiger partial charge is 0.481 e. The zero-order valence-corrected chi connectivity index (χ0v) is 17.0. The van der Waals surface area contributed by atoms with E-state index in [1.807, 2.05) is 0 Å². The first-order valence-corrected chi connectivity index (χ1v) is 10.2. The molecule has 0 radical (unpaired) electrons. The number of benzene rings is 1. The minimum Gasteiger partial charge on any atom is -0.481 e. The van der Waals surface area contributed by atoms with E-state index in [0.29, 0.717) is 44.2 Å². The second kappa shape index (κ2) is 10.5. The lowest BCUT2D eigenvalue weighted by atomic mass is 9.88. The zero-order chi connectivity index (χ0) is 24.1. The number of hydrogen-bond acceptors (Lipinski definition) is 3. The molecule has 1 fully saturated rings. The average molecular weight is 466 g/mol. The molecule has 10 heteroatoms. The summed E-state index contributed by atoms with van der Waals surface area (Å²) in [6.45, 7) is 0. The van der Waals surface area contributed by atoms with Gasteiger partial charge in [-0.1, -0.05) is 31.4 Å². The highest BCUT2D eigenvalue weighted by molar-refractivity contribution is 5.85. The van der Waals surface area contributed by atoms with Crippen molar-refractivity contribution >= 4 is 17.8 Å². The van der Waals surface area contributed by atoms with Crippen LogP contribution in [-0.4, -0.2) is 28.1 Å². The standard InChI is InChI=1S/C22H24F6O4/c23-21(24,25)14-9-13(10-15(11-14)22(26,27)28)7-8-17-16(18(29)12-19(17)30)5-3-1-2-4-6-20(31)32/h7-11,16-17,19,30H,1-6,12H2,(H,31,32)/b8-7+. The number of carboxylic acid groups (broad SMARTS) is 1. The predicted molar refractivity (Wildman–Crippen MR) is 103 cm³/mol. The third-order valence-electron chi connectivity index (χ3n) is 5.51. The molecule has 0 bridgehead atoms. The number of unbranched alkanes of at least 4 members (excludes halogenated alkanes) is 3. The van der Waals surface area contributed by atoms with E-state index in [1.54, 1.807) is 0 Å². The lowest BCUT2D eigenvalue weighted by molar-refractivity contribution is -0.143. The van der Waals surface area contributed by atoms with Crippen LogP contribution < -0.4 is 0 Å². The predicted octanol–water partition coefficient (Wildman–Crippen LogP) is 5.73. The smallest absolute Gasteiger partial charge is 0.416 e. The van der Waals surface area contributed by atoms with Crippen LogP contribution in [0.1, 0.15) is 61.6 Å². The number of aliphatic hydroxyl groups excluding tert-OH is 1. The van der Waals surface area contributed by atoms with E-state index < -0.39 is 47.4 Å². The van der Waals surface area contributed by atoms with Crippen molar-refractivity contribution in [1.29, 1.82) is 0 Å². The molecule has 3 unspecified atom stereocenters. The van der Waals surface area contributed by atoms with Gasteiger partial charge in [-0.05, 0) is 36.6 Å². The molecule has 0 aliphatic heterocycles. The number of rotatable bonds is 9. The summed E-state index contributed by atoms with van der Waals surface area (Å²) in [6, 6.07) is 1.22. The van der Waals surface area contributed by atoms with Gasteiger partial charge in [-0.25, -0.2) is 0 Å². The van der Waals surface area contributed by atoms with E-state index in [4.69, 9.17) is 5.11 Å². The van der Waals surface area contributed by atoms with Crippen molar-refractivity contribution in [2.45, 2.75) is 63.4 Å². The minimum absolute atomic E-state index is 0.0401. The molecule has 32 heavy (non-hydrogen) atoms. The fourth-order valence-corrected chi connectivity index (χ4v) is 3.88.